The first-order valence-corrected chi connectivity index (χ1v) is 8.75. The molecule has 0 radical (unpaired) electrons. The molecule has 1 heterocycles. The number of rotatable bonds is 6. The first-order chi connectivity index (χ1) is 12.5. The van der Waals surface area contributed by atoms with Crippen LogP contribution in [0.1, 0.15) is 52.1 Å². The Bertz CT molecular complexity index is 812. The highest BCUT2D eigenvalue weighted by molar-refractivity contribution is 6.30. The Morgan fingerprint density at radius 1 is 1.04 bits per heavy atom. The molecule has 2 aromatic carbocycles. The van der Waals surface area contributed by atoms with Gasteiger partial charge in [0.15, 0.2) is 0 Å². The molecule has 134 valence electrons. The number of carbonyl (C=O) groups excluding carboxylic acids is 3. The number of ether oxygens (including phenoxy) is 1. The summed E-state index contributed by atoms with van der Waals surface area (Å²) in [6, 6.07) is 13.8. The standard InChI is InChI=1S/C20H18ClNO4/c1-13(14-8-10-15(21)11-9-14)26-18(23)7-4-12-22-19(24)16-5-2-3-6-17(16)20(22)25/h2-3,5-6,8-11,13H,4,7,12H2,1H3/t13-/m1/s1. The van der Waals surface area contributed by atoms with Crippen LogP contribution in [0.25, 0.3) is 0 Å². The molecule has 0 saturated heterocycles. The maximum absolute atomic E-state index is 12.3. The fourth-order valence-electron chi connectivity index (χ4n) is 2.88. The van der Waals surface area contributed by atoms with E-state index in [1.807, 2.05) is 0 Å². The summed E-state index contributed by atoms with van der Waals surface area (Å²) >= 11 is 5.84. The summed E-state index contributed by atoms with van der Waals surface area (Å²) in [5, 5.41) is 0.619. The van der Waals surface area contributed by atoms with Crippen molar-refractivity contribution in [1.82, 2.24) is 4.90 Å². The van der Waals surface area contributed by atoms with Gasteiger partial charge in [-0.2, -0.15) is 0 Å². The highest BCUT2D eigenvalue weighted by Crippen LogP contribution is 2.23. The lowest BCUT2D eigenvalue weighted by Gasteiger charge is -2.15. The highest BCUT2D eigenvalue weighted by atomic mass is 35.5. The van der Waals surface area contributed by atoms with Gasteiger partial charge in [0, 0.05) is 18.0 Å². The molecule has 0 N–H and O–H groups in total. The summed E-state index contributed by atoms with van der Waals surface area (Å²) in [6.07, 6.45) is 0.0993. The zero-order valence-corrected chi connectivity index (χ0v) is 15.0. The zero-order chi connectivity index (χ0) is 18.7. The van der Waals surface area contributed by atoms with Gasteiger partial charge in [0.1, 0.15) is 6.10 Å². The Hall–Kier alpha value is -2.66. The number of halogens is 1. The summed E-state index contributed by atoms with van der Waals surface area (Å²) < 4.78 is 5.39. The van der Waals surface area contributed by atoms with Gasteiger partial charge in [-0.3, -0.25) is 19.3 Å². The van der Waals surface area contributed by atoms with Crippen LogP contribution in [0.15, 0.2) is 48.5 Å². The van der Waals surface area contributed by atoms with E-state index >= 15 is 0 Å². The number of esters is 1. The molecule has 1 aliphatic heterocycles. The number of fused-ring (bicyclic) bond motifs is 1. The first-order valence-electron chi connectivity index (χ1n) is 8.37. The third kappa shape index (κ3) is 3.78. The van der Waals surface area contributed by atoms with Gasteiger partial charge in [0.05, 0.1) is 11.1 Å². The molecule has 0 bridgehead atoms. The van der Waals surface area contributed by atoms with Crippen LogP contribution >= 0.6 is 11.6 Å². The van der Waals surface area contributed by atoms with Crippen molar-refractivity contribution in [1.29, 1.82) is 0 Å². The molecule has 2 aromatic rings. The second-order valence-electron chi connectivity index (χ2n) is 6.09. The molecule has 6 heteroatoms. The van der Waals surface area contributed by atoms with Gasteiger partial charge in [-0.1, -0.05) is 35.9 Å². The average molecular weight is 372 g/mol. The van der Waals surface area contributed by atoms with E-state index in [1.165, 1.54) is 4.90 Å². The van der Waals surface area contributed by atoms with Crippen molar-refractivity contribution >= 4 is 29.4 Å². The average Bonchev–Trinajstić information content (AvgIpc) is 2.87. The molecule has 0 unspecified atom stereocenters. The summed E-state index contributed by atoms with van der Waals surface area (Å²) in [4.78, 5) is 37.7. The van der Waals surface area contributed by atoms with Crippen molar-refractivity contribution in [2.75, 3.05) is 6.54 Å². The van der Waals surface area contributed by atoms with Crippen LogP contribution in [-0.4, -0.2) is 29.2 Å². The van der Waals surface area contributed by atoms with Gasteiger partial charge in [-0.25, -0.2) is 0 Å². The number of hydrogen-bond acceptors (Lipinski definition) is 4. The van der Waals surface area contributed by atoms with Gasteiger partial charge >= 0.3 is 5.97 Å². The van der Waals surface area contributed by atoms with E-state index < -0.39 is 0 Å². The van der Waals surface area contributed by atoms with Gasteiger partial charge in [0.2, 0.25) is 0 Å². The Morgan fingerprint density at radius 2 is 1.62 bits per heavy atom. The minimum absolute atomic E-state index is 0.130. The fourth-order valence-corrected chi connectivity index (χ4v) is 3.01. The molecule has 3 rings (SSSR count). The topological polar surface area (TPSA) is 63.7 Å². The number of benzene rings is 2. The second-order valence-corrected chi connectivity index (χ2v) is 6.53. The second kappa shape index (κ2) is 7.70. The molecule has 0 spiro atoms. The monoisotopic (exact) mass is 371 g/mol. The summed E-state index contributed by atoms with van der Waals surface area (Å²) in [7, 11) is 0. The van der Waals surface area contributed by atoms with Crippen LogP contribution < -0.4 is 0 Å². The molecular formula is C20H18ClNO4. The van der Waals surface area contributed by atoms with Crippen LogP contribution in [0, 0.1) is 0 Å². The normalized spacial score (nSPS) is 14.3. The van der Waals surface area contributed by atoms with Gasteiger partial charge in [0.25, 0.3) is 11.8 Å². The van der Waals surface area contributed by atoms with Crippen molar-refractivity contribution in [3.05, 3.63) is 70.2 Å². The Morgan fingerprint density at radius 3 is 2.19 bits per heavy atom. The van der Waals surface area contributed by atoms with Crippen molar-refractivity contribution in [3.8, 4) is 0 Å². The lowest BCUT2D eigenvalue weighted by atomic mass is 10.1. The third-order valence-electron chi connectivity index (χ3n) is 4.29. The summed E-state index contributed by atoms with van der Waals surface area (Å²) in [5.41, 5.74) is 1.68. The molecule has 0 aliphatic carbocycles. The van der Waals surface area contributed by atoms with E-state index in [0.29, 0.717) is 22.6 Å². The molecule has 1 aliphatic rings. The molecule has 26 heavy (non-hydrogen) atoms. The third-order valence-corrected chi connectivity index (χ3v) is 4.54. The molecule has 0 aromatic heterocycles. The number of imide groups is 1. The Balaban J connectivity index is 1.49. The molecule has 0 saturated carbocycles. The van der Waals surface area contributed by atoms with Gasteiger partial charge < -0.3 is 4.74 Å². The van der Waals surface area contributed by atoms with Crippen LogP contribution in [-0.2, 0) is 9.53 Å². The van der Waals surface area contributed by atoms with E-state index in [1.54, 1.807) is 55.5 Å². The van der Waals surface area contributed by atoms with Crippen molar-refractivity contribution in [2.24, 2.45) is 0 Å². The highest BCUT2D eigenvalue weighted by Gasteiger charge is 2.34. The molecule has 2 amide bonds. The van der Waals surface area contributed by atoms with E-state index in [0.717, 1.165) is 5.56 Å². The number of hydrogen-bond donors (Lipinski definition) is 0. The van der Waals surface area contributed by atoms with E-state index in [9.17, 15) is 14.4 Å². The van der Waals surface area contributed by atoms with Gasteiger partial charge in [-0.05, 0) is 43.2 Å². The van der Waals surface area contributed by atoms with Crippen LogP contribution in [0.5, 0.6) is 0 Å². The minimum Gasteiger partial charge on any atom is -0.458 e. The van der Waals surface area contributed by atoms with Gasteiger partial charge in [-0.15, -0.1) is 0 Å². The Kier molecular flexibility index (Phi) is 5.38. The lowest BCUT2D eigenvalue weighted by Crippen LogP contribution is -2.31. The maximum Gasteiger partial charge on any atom is 0.306 e. The van der Waals surface area contributed by atoms with Crippen molar-refractivity contribution in [2.45, 2.75) is 25.9 Å². The summed E-state index contributed by atoms with van der Waals surface area (Å²) in [5.74, 6) is -0.994. The Labute approximate surface area is 156 Å². The predicted octanol–water partition coefficient (Wildman–Crippen LogP) is 4.02. The SMILES string of the molecule is C[C@@H](OC(=O)CCCN1C(=O)c2ccccc2C1=O)c1ccc(Cl)cc1. The number of carbonyl (C=O) groups is 3. The minimum atomic E-state index is -0.390. The largest absolute Gasteiger partial charge is 0.458 e. The quantitative estimate of drug-likeness (QED) is 0.568. The molecular weight excluding hydrogens is 354 g/mol. The maximum atomic E-state index is 12.3. The van der Waals surface area contributed by atoms with E-state index in [4.69, 9.17) is 16.3 Å². The molecule has 0 fully saturated rings. The van der Waals surface area contributed by atoms with E-state index in [-0.39, 0.29) is 36.9 Å². The molecule has 5 nitrogen and oxygen atoms in total. The van der Waals surface area contributed by atoms with E-state index in [2.05, 4.69) is 0 Å². The predicted molar refractivity (Wildman–Crippen MR) is 97.0 cm³/mol. The smallest absolute Gasteiger partial charge is 0.306 e. The zero-order valence-electron chi connectivity index (χ0n) is 14.3. The van der Waals surface area contributed by atoms with Crippen molar-refractivity contribution < 1.29 is 19.1 Å². The number of amides is 2. The van der Waals surface area contributed by atoms with Crippen LogP contribution in [0.2, 0.25) is 5.02 Å². The lowest BCUT2D eigenvalue weighted by molar-refractivity contribution is -0.148. The molecule has 1 atom stereocenters. The number of nitrogens with zero attached hydrogens (tertiary/aromatic N) is 1. The van der Waals surface area contributed by atoms with Crippen LogP contribution in [0.3, 0.4) is 0 Å². The first kappa shape index (κ1) is 18.1. The van der Waals surface area contributed by atoms with Crippen LogP contribution in [0.4, 0.5) is 0 Å². The van der Waals surface area contributed by atoms with Crippen molar-refractivity contribution in [3.63, 3.8) is 0 Å². The summed E-state index contributed by atoms with van der Waals surface area (Å²) in [6.45, 7) is 1.97. The fraction of sp³-hybridized carbons (Fsp3) is 0.250.